The predicted octanol–water partition coefficient (Wildman–Crippen LogP) is 2.73. The summed E-state index contributed by atoms with van der Waals surface area (Å²) in [6.45, 7) is 0.986. The molecule has 0 aliphatic rings. The van der Waals surface area contributed by atoms with Gasteiger partial charge < -0.3 is 25.4 Å². The van der Waals surface area contributed by atoms with Crippen molar-refractivity contribution in [2.24, 2.45) is 5.92 Å². The molecule has 0 unspecified atom stereocenters. The van der Waals surface area contributed by atoms with Gasteiger partial charge in [-0.05, 0) is 31.8 Å². The lowest BCUT2D eigenvalue weighted by Crippen LogP contribution is -2.39. The summed E-state index contributed by atoms with van der Waals surface area (Å²) < 4.78 is 5.23. The molecule has 0 heterocycles. The average molecular weight is 357 g/mol. The number of urea groups is 1. The van der Waals surface area contributed by atoms with E-state index in [0.717, 1.165) is 5.56 Å². The third-order valence-electron chi connectivity index (χ3n) is 4.07. The van der Waals surface area contributed by atoms with Crippen LogP contribution in [-0.4, -0.2) is 50.3 Å². The lowest BCUT2D eigenvalue weighted by molar-refractivity contribution is 0.0911. The van der Waals surface area contributed by atoms with E-state index in [0.29, 0.717) is 24.5 Å². The summed E-state index contributed by atoms with van der Waals surface area (Å²) in [4.78, 5) is 14.3. The van der Waals surface area contributed by atoms with E-state index in [1.54, 1.807) is 19.2 Å². The number of ether oxygens (including phenoxy) is 1. The fourth-order valence-corrected chi connectivity index (χ4v) is 2.81. The number of para-hydroxylation sites is 2. The Hall–Kier alpha value is -2.57. The Labute approximate surface area is 154 Å². The Morgan fingerprint density at radius 1 is 1.12 bits per heavy atom. The van der Waals surface area contributed by atoms with Gasteiger partial charge in [-0.25, -0.2) is 4.79 Å². The lowest BCUT2D eigenvalue weighted by Gasteiger charge is -2.26. The molecule has 0 radical (unpaired) electrons. The number of nitrogens with zero attached hydrogens (tertiary/aromatic N) is 1. The van der Waals surface area contributed by atoms with Gasteiger partial charge in [0.2, 0.25) is 0 Å². The Bertz CT molecular complexity index is 692. The monoisotopic (exact) mass is 357 g/mol. The topological polar surface area (TPSA) is 73.8 Å². The number of benzene rings is 2. The van der Waals surface area contributed by atoms with E-state index in [1.807, 2.05) is 61.5 Å². The minimum atomic E-state index is -0.662. The Balaban J connectivity index is 1.99. The molecule has 2 atom stereocenters. The molecule has 2 rings (SSSR count). The van der Waals surface area contributed by atoms with Gasteiger partial charge in [0.05, 0.1) is 18.9 Å². The van der Waals surface area contributed by atoms with Crippen molar-refractivity contribution >= 4 is 11.7 Å². The van der Waals surface area contributed by atoms with Crippen LogP contribution in [-0.2, 0) is 0 Å². The SMILES string of the molecule is COc1ccccc1NC(=O)NC[C@@H](CN(C)C)[C@@H](O)c1ccccc1. The molecular weight excluding hydrogens is 330 g/mol. The molecule has 2 aromatic carbocycles. The van der Waals surface area contributed by atoms with Gasteiger partial charge in [-0.15, -0.1) is 0 Å². The second-order valence-electron chi connectivity index (χ2n) is 6.41. The fraction of sp³-hybridized carbons (Fsp3) is 0.350. The standard InChI is InChI=1S/C20H27N3O3/c1-23(2)14-16(19(24)15-9-5-4-6-10-15)13-21-20(25)22-17-11-7-8-12-18(17)26-3/h4-12,16,19,24H,13-14H2,1-3H3,(H2,21,22,25)/t16-,19-/m0/s1. The van der Waals surface area contributed by atoms with E-state index in [-0.39, 0.29) is 11.9 Å². The first kappa shape index (κ1) is 19.8. The summed E-state index contributed by atoms with van der Waals surface area (Å²) in [5, 5.41) is 16.3. The van der Waals surface area contributed by atoms with Crippen LogP contribution in [0.2, 0.25) is 0 Å². The summed E-state index contributed by atoms with van der Waals surface area (Å²) in [5.74, 6) is 0.452. The van der Waals surface area contributed by atoms with E-state index in [1.165, 1.54) is 0 Å². The quantitative estimate of drug-likeness (QED) is 0.679. The number of methoxy groups -OCH3 is 1. The van der Waals surface area contributed by atoms with Crippen molar-refractivity contribution in [3.63, 3.8) is 0 Å². The normalized spacial score (nSPS) is 13.1. The third kappa shape index (κ3) is 5.75. The Morgan fingerprint density at radius 3 is 2.42 bits per heavy atom. The van der Waals surface area contributed by atoms with Crippen LogP contribution in [0.4, 0.5) is 10.5 Å². The van der Waals surface area contributed by atoms with Gasteiger partial charge in [0.1, 0.15) is 5.75 Å². The number of hydrogen-bond donors (Lipinski definition) is 3. The van der Waals surface area contributed by atoms with E-state index in [9.17, 15) is 9.90 Å². The van der Waals surface area contributed by atoms with Crippen molar-refractivity contribution in [2.45, 2.75) is 6.10 Å². The summed E-state index contributed by atoms with van der Waals surface area (Å²) in [5.41, 5.74) is 1.44. The number of amides is 2. The molecule has 0 aliphatic carbocycles. The zero-order valence-corrected chi connectivity index (χ0v) is 15.5. The van der Waals surface area contributed by atoms with Gasteiger partial charge in [0, 0.05) is 19.0 Å². The van der Waals surface area contributed by atoms with Crippen molar-refractivity contribution < 1.29 is 14.6 Å². The smallest absolute Gasteiger partial charge is 0.319 e. The molecule has 0 aromatic heterocycles. The van der Waals surface area contributed by atoms with Crippen LogP contribution in [0.3, 0.4) is 0 Å². The van der Waals surface area contributed by atoms with Gasteiger partial charge in [-0.3, -0.25) is 0 Å². The number of hydrogen-bond acceptors (Lipinski definition) is 4. The van der Waals surface area contributed by atoms with Gasteiger partial charge in [0.15, 0.2) is 0 Å². The van der Waals surface area contributed by atoms with E-state index >= 15 is 0 Å². The molecule has 3 N–H and O–H groups in total. The average Bonchev–Trinajstić information content (AvgIpc) is 2.65. The molecular formula is C20H27N3O3. The van der Waals surface area contributed by atoms with Gasteiger partial charge >= 0.3 is 6.03 Å². The maximum absolute atomic E-state index is 12.3. The summed E-state index contributed by atoms with van der Waals surface area (Å²) >= 11 is 0. The third-order valence-corrected chi connectivity index (χ3v) is 4.07. The lowest BCUT2D eigenvalue weighted by atomic mass is 9.95. The van der Waals surface area contributed by atoms with E-state index < -0.39 is 6.10 Å². The van der Waals surface area contributed by atoms with Crippen LogP contribution >= 0.6 is 0 Å². The van der Waals surface area contributed by atoms with Crippen LogP contribution in [0.15, 0.2) is 54.6 Å². The zero-order chi connectivity index (χ0) is 18.9. The number of nitrogens with one attached hydrogen (secondary N) is 2. The fourth-order valence-electron chi connectivity index (χ4n) is 2.81. The summed E-state index contributed by atoms with van der Waals surface area (Å²) in [6, 6.07) is 16.4. The van der Waals surface area contributed by atoms with Gasteiger partial charge in [-0.2, -0.15) is 0 Å². The largest absolute Gasteiger partial charge is 0.495 e. The highest BCUT2D eigenvalue weighted by Crippen LogP contribution is 2.24. The molecule has 0 aliphatic heterocycles. The molecule has 0 saturated carbocycles. The minimum Gasteiger partial charge on any atom is -0.495 e. The minimum absolute atomic E-state index is 0.143. The molecule has 2 amide bonds. The molecule has 2 aromatic rings. The zero-order valence-electron chi connectivity index (χ0n) is 15.5. The second-order valence-corrected chi connectivity index (χ2v) is 6.41. The van der Waals surface area contributed by atoms with Gasteiger partial charge in [0.25, 0.3) is 0 Å². The van der Waals surface area contributed by atoms with Crippen LogP contribution in [0.1, 0.15) is 11.7 Å². The van der Waals surface area contributed by atoms with Crippen molar-refractivity contribution in [3.8, 4) is 5.75 Å². The first-order valence-corrected chi connectivity index (χ1v) is 8.57. The van der Waals surface area contributed by atoms with Crippen molar-refractivity contribution in [2.75, 3.05) is 39.6 Å². The van der Waals surface area contributed by atoms with Crippen molar-refractivity contribution in [1.29, 1.82) is 0 Å². The predicted molar refractivity (Wildman–Crippen MR) is 103 cm³/mol. The summed E-state index contributed by atoms with van der Waals surface area (Å²) in [7, 11) is 5.45. The highest BCUT2D eigenvalue weighted by Gasteiger charge is 2.22. The maximum atomic E-state index is 12.3. The highest BCUT2D eigenvalue weighted by molar-refractivity contribution is 5.90. The number of aliphatic hydroxyl groups is 1. The number of aliphatic hydroxyl groups excluding tert-OH is 1. The van der Waals surface area contributed by atoms with Gasteiger partial charge in [-0.1, -0.05) is 42.5 Å². The second kappa shape index (κ2) is 9.79. The first-order valence-electron chi connectivity index (χ1n) is 8.57. The highest BCUT2D eigenvalue weighted by atomic mass is 16.5. The van der Waals surface area contributed by atoms with Crippen LogP contribution < -0.4 is 15.4 Å². The molecule has 0 saturated heterocycles. The van der Waals surface area contributed by atoms with E-state index in [2.05, 4.69) is 10.6 Å². The molecule has 0 spiro atoms. The van der Waals surface area contributed by atoms with Crippen LogP contribution in [0, 0.1) is 5.92 Å². The van der Waals surface area contributed by atoms with Crippen molar-refractivity contribution in [1.82, 2.24) is 10.2 Å². The number of carbonyl (C=O) groups excluding carboxylic acids is 1. The van der Waals surface area contributed by atoms with Crippen LogP contribution in [0.5, 0.6) is 5.75 Å². The first-order chi connectivity index (χ1) is 12.5. The Morgan fingerprint density at radius 2 is 1.77 bits per heavy atom. The van der Waals surface area contributed by atoms with Crippen molar-refractivity contribution in [3.05, 3.63) is 60.2 Å². The Kier molecular flexibility index (Phi) is 7.44. The number of anilines is 1. The molecule has 0 bridgehead atoms. The maximum Gasteiger partial charge on any atom is 0.319 e. The number of carbonyl (C=O) groups is 1. The molecule has 26 heavy (non-hydrogen) atoms. The summed E-state index contributed by atoms with van der Waals surface area (Å²) in [6.07, 6.45) is -0.662. The molecule has 6 heteroatoms. The molecule has 140 valence electrons. The van der Waals surface area contributed by atoms with Crippen LogP contribution in [0.25, 0.3) is 0 Å². The molecule has 0 fully saturated rings. The van der Waals surface area contributed by atoms with E-state index in [4.69, 9.17) is 4.74 Å². The molecule has 6 nitrogen and oxygen atoms in total. The number of rotatable bonds is 8.